The number of nitrogens with one attached hydrogen (secondary N) is 1. The molecule has 0 radical (unpaired) electrons. The summed E-state index contributed by atoms with van der Waals surface area (Å²) in [6, 6.07) is 8.53. The Balaban J connectivity index is 0.00000180. The highest BCUT2D eigenvalue weighted by atomic mass is 35.5. The van der Waals surface area contributed by atoms with Crippen LogP contribution in [0.1, 0.15) is 44.6 Å². The molecule has 0 aromatic heterocycles. The number of piperidine rings is 1. The molecule has 108 valence electrons. The Morgan fingerprint density at radius 2 is 1.79 bits per heavy atom. The second-order valence-corrected chi connectivity index (χ2v) is 5.55. The number of hydrogen-bond acceptors (Lipinski definition) is 2. The van der Waals surface area contributed by atoms with Gasteiger partial charge in [0.15, 0.2) is 0 Å². The third-order valence-corrected chi connectivity index (χ3v) is 3.80. The third-order valence-electron chi connectivity index (χ3n) is 3.80. The molecule has 0 aliphatic carbocycles. The summed E-state index contributed by atoms with van der Waals surface area (Å²) in [6.45, 7) is 7.63. The van der Waals surface area contributed by atoms with Gasteiger partial charge < -0.3 is 10.1 Å². The molecule has 19 heavy (non-hydrogen) atoms. The molecule has 1 N–H and O–H groups in total. The van der Waals surface area contributed by atoms with Gasteiger partial charge in [-0.2, -0.15) is 0 Å². The van der Waals surface area contributed by atoms with Crippen molar-refractivity contribution in [2.75, 3.05) is 19.7 Å². The van der Waals surface area contributed by atoms with Gasteiger partial charge >= 0.3 is 0 Å². The summed E-state index contributed by atoms with van der Waals surface area (Å²) < 4.78 is 5.82. The SMILES string of the molecule is CC(C)c1ccc(OCCC2CCNCC2)cc1.Cl. The van der Waals surface area contributed by atoms with Gasteiger partial charge in [-0.25, -0.2) is 0 Å². The maximum Gasteiger partial charge on any atom is 0.119 e. The van der Waals surface area contributed by atoms with E-state index in [-0.39, 0.29) is 12.4 Å². The van der Waals surface area contributed by atoms with Crippen LogP contribution in [0.3, 0.4) is 0 Å². The summed E-state index contributed by atoms with van der Waals surface area (Å²) >= 11 is 0. The molecule has 2 nitrogen and oxygen atoms in total. The second kappa shape index (κ2) is 8.44. The highest BCUT2D eigenvalue weighted by Gasteiger charge is 2.12. The van der Waals surface area contributed by atoms with Gasteiger partial charge in [0, 0.05) is 0 Å². The first kappa shape index (κ1) is 16.3. The topological polar surface area (TPSA) is 21.3 Å². The average molecular weight is 284 g/mol. The minimum atomic E-state index is 0. The number of hydrogen-bond donors (Lipinski definition) is 1. The lowest BCUT2D eigenvalue weighted by Crippen LogP contribution is -2.28. The van der Waals surface area contributed by atoms with Crippen molar-refractivity contribution in [3.05, 3.63) is 29.8 Å². The molecule has 0 unspecified atom stereocenters. The van der Waals surface area contributed by atoms with Crippen LogP contribution in [0.5, 0.6) is 5.75 Å². The monoisotopic (exact) mass is 283 g/mol. The molecule has 0 saturated carbocycles. The normalized spacial score (nSPS) is 16.2. The summed E-state index contributed by atoms with van der Waals surface area (Å²) in [5.74, 6) is 2.45. The molecule has 0 amide bonds. The molecule has 1 aliphatic heterocycles. The maximum atomic E-state index is 5.82. The molecule has 0 spiro atoms. The summed E-state index contributed by atoms with van der Waals surface area (Å²) in [4.78, 5) is 0. The Morgan fingerprint density at radius 3 is 2.37 bits per heavy atom. The van der Waals surface area contributed by atoms with Crippen molar-refractivity contribution >= 4 is 12.4 Å². The first-order valence-electron chi connectivity index (χ1n) is 7.19. The van der Waals surface area contributed by atoms with E-state index in [4.69, 9.17) is 4.74 Å². The molecule has 0 atom stereocenters. The van der Waals surface area contributed by atoms with Gasteiger partial charge in [-0.05, 0) is 61.9 Å². The number of halogens is 1. The van der Waals surface area contributed by atoms with Crippen LogP contribution in [0.4, 0.5) is 0 Å². The van der Waals surface area contributed by atoms with E-state index in [0.29, 0.717) is 5.92 Å². The largest absolute Gasteiger partial charge is 0.494 e. The van der Waals surface area contributed by atoms with Crippen LogP contribution in [0.25, 0.3) is 0 Å². The van der Waals surface area contributed by atoms with Crippen molar-refractivity contribution in [2.24, 2.45) is 5.92 Å². The molecule has 3 heteroatoms. The molecule has 1 aromatic rings. The zero-order valence-electron chi connectivity index (χ0n) is 12.0. The zero-order chi connectivity index (χ0) is 12.8. The summed E-state index contributed by atoms with van der Waals surface area (Å²) in [5.41, 5.74) is 1.38. The van der Waals surface area contributed by atoms with Gasteiger partial charge in [0.1, 0.15) is 5.75 Å². The molecule has 2 rings (SSSR count). The predicted molar refractivity (Wildman–Crippen MR) is 83.5 cm³/mol. The standard InChI is InChI=1S/C16H25NO.ClH/c1-13(2)15-3-5-16(6-4-15)18-12-9-14-7-10-17-11-8-14;/h3-6,13-14,17H,7-12H2,1-2H3;1H. The fraction of sp³-hybridized carbons (Fsp3) is 0.625. The molecule has 1 aliphatic rings. The van der Waals surface area contributed by atoms with Crippen LogP contribution in [0, 0.1) is 5.92 Å². The molecule has 1 heterocycles. The van der Waals surface area contributed by atoms with Gasteiger partial charge in [-0.1, -0.05) is 26.0 Å². The molecule has 1 saturated heterocycles. The first-order chi connectivity index (χ1) is 8.75. The van der Waals surface area contributed by atoms with Crippen molar-refractivity contribution in [2.45, 2.75) is 39.0 Å². The van der Waals surface area contributed by atoms with Gasteiger partial charge in [0.25, 0.3) is 0 Å². The maximum absolute atomic E-state index is 5.82. The van der Waals surface area contributed by atoms with Gasteiger partial charge in [-0.15, -0.1) is 12.4 Å². The number of ether oxygens (including phenoxy) is 1. The summed E-state index contributed by atoms with van der Waals surface area (Å²) in [7, 11) is 0. The van der Waals surface area contributed by atoms with Crippen LogP contribution < -0.4 is 10.1 Å². The van der Waals surface area contributed by atoms with Gasteiger partial charge in [0.2, 0.25) is 0 Å². The minimum Gasteiger partial charge on any atom is -0.494 e. The minimum absolute atomic E-state index is 0. The predicted octanol–water partition coefficient (Wildman–Crippen LogP) is 4.00. The van der Waals surface area contributed by atoms with E-state index in [1.54, 1.807) is 0 Å². The van der Waals surface area contributed by atoms with E-state index in [2.05, 4.69) is 43.4 Å². The van der Waals surface area contributed by atoms with Crippen LogP contribution in [0.15, 0.2) is 24.3 Å². The van der Waals surface area contributed by atoms with E-state index in [1.807, 2.05) is 0 Å². The van der Waals surface area contributed by atoms with E-state index in [9.17, 15) is 0 Å². The zero-order valence-corrected chi connectivity index (χ0v) is 12.8. The van der Waals surface area contributed by atoms with Gasteiger partial charge in [0.05, 0.1) is 6.61 Å². The Hall–Kier alpha value is -0.730. The van der Waals surface area contributed by atoms with Crippen molar-refractivity contribution in [1.82, 2.24) is 5.32 Å². The van der Waals surface area contributed by atoms with Crippen molar-refractivity contribution in [3.63, 3.8) is 0 Å². The fourth-order valence-electron chi connectivity index (χ4n) is 2.46. The Morgan fingerprint density at radius 1 is 1.16 bits per heavy atom. The lowest BCUT2D eigenvalue weighted by molar-refractivity contribution is 0.252. The summed E-state index contributed by atoms with van der Waals surface area (Å²) in [5, 5.41) is 3.40. The number of rotatable bonds is 5. The summed E-state index contributed by atoms with van der Waals surface area (Å²) in [6.07, 6.45) is 3.79. The lowest BCUT2D eigenvalue weighted by atomic mass is 9.95. The second-order valence-electron chi connectivity index (χ2n) is 5.55. The Bertz CT molecular complexity index is 344. The van der Waals surface area contributed by atoms with E-state index in [0.717, 1.165) is 18.3 Å². The highest BCUT2D eigenvalue weighted by Crippen LogP contribution is 2.20. The van der Waals surface area contributed by atoms with Crippen LogP contribution >= 0.6 is 12.4 Å². The van der Waals surface area contributed by atoms with Crippen LogP contribution in [-0.2, 0) is 0 Å². The van der Waals surface area contributed by atoms with E-state index in [1.165, 1.54) is 37.9 Å². The van der Waals surface area contributed by atoms with E-state index < -0.39 is 0 Å². The average Bonchev–Trinajstić information content (AvgIpc) is 2.40. The fourth-order valence-corrected chi connectivity index (χ4v) is 2.46. The molecule has 1 aromatic carbocycles. The Kier molecular flexibility index (Phi) is 7.25. The van der Waals surface area contributed by atoms with Crippen LogP contribution in [0.2, 0.25) is 0 Å². The highest BCUT2D eigenvalue weighted by molar-refractivity contribution is 5.85. The number of benzene rings is 1. The Labute approximate surface area is 123 Å². The van der Waals surface area contributed by atoms with E-state index >= 15 is 0 Å². The van der Waals surface area contributed by atoms with Crippen molar-refractivity contribution < 1.29 is 4.74 Å². The molecule has 0 bridgehead atoms. The lowest BCUT2D eigenvalue weighted by Gasteiger charge is -2.22. The van der Waals surface area contributed by atoms with Crippen molar-refractivity contribution in [3.8, 4) is 5.75 Å². The van der Waals surface area contributed by atoms with Crippen LogP contribution in [-0.4, -0.2) is 19.7 Å². The molecular weight excluding hydrogens is 258 g/mol. The third kappa shape index (κ3) is 5.42. The van der Waals surface area contributed by atoms with Gasteiger partial charge in [-0.3, -0.25) is 0 Å². The van der Waals surface area contributed by atoms with Crippen molar-refractivity contribution in [1.29, 1.82) is 0 Å². The molecular formula is C16H26ClNO. The quantitative estimate of drug-likeness (QED) is 0.882. The smallest absolute Gasteiger partial charge is 0.119 e. The molecule has 1 fully saturated rings. The first-order valence-corrected chi connectivity index (χ1v) is 7.19.